The first kappa shape index (κ1) is 17.8. The van der Waals surface area contributed by atoms with E-state index in [1.165, 1.54) is 12.8 Å². The quantitative estimate of drug-likeness (QED) is 0.893. The number of amides is 1. The first-order valence-electron chi connectivity index (χ1n) is 9.54. The molecule has 6 heteroatoms. The van der Waals surface area contributed by atoms with Gasteiger partial charge in [0.25, 0.3) is 0 Å². The summed E-state index contributed by atoms with van der Waals surface area (Å²) in [5.41, 5.74) is 2.69. The third kappa shape index (κ3) is 3.24. The highest BCUT2D eigenvalue weighted by Crippen LogP contribution is 2.49. The lowest BCUT2D eigenvalue weighted by molar-refractivity contribution is -0.117. The second-order valence-corrected chi connectivity index (χ2v) is 7.62. The molecule has 142 valence electrons. The topological polar surface area (TPSA) is 67.3 Å². The molecule has 0 aromatic carbocycles. The van der Waals surface area contributed by atoms with Crippen LogP contribution in [-0.4, -0.2) is 29.0 Å². The van der Waals surface area contributed by atoms with Crippen LogP contribution in [0.25, 0.3) is 0 Å². The molecule has 1 saturated carbocycles. The molecule has 0 radical (unpaired) electrons. The van der Waals surface area contributed by atoms with Crippen molar-refractivity contribution in [3.63, 3.8) is 0 Å². The molecule has 0 saturated heterocycles. The van der Waals surface area contributed by atoms with Gasteiger partial charge in [-0.25, -0.2) is 9.97 Å². The van der Waals surface area contributed by atoms with Crippen molar-refractivity contribution in [1.82, 2.24) is 9.97 Å². The number of nitrogens with zero attached hydrogens (tertiary/aromatic N) is 3. The fraction of sp³-hybridized carbons (Fsp3) is 0.476. The number of aryl methyl sites for hydroxylation is 1. The number of hydrogen-bond donors (Lipinski definition) is 1. The molecule has 0 spiro atoms. The van der Waals surface area contributed by atoms with E-state index in [1.54, 1.807) is 14.0 Å². The Balaban J connectivity index is 1.81. The van der Waals surface area contributed by atoms with Crippen LogP contribution in [0.2, 0.25) is 0 Å². The van der Waals surface area contributed by atoms with Gasteiger partial charge in [-0.2, -0.15) is 0 Å². The summed E-state index contributed by atoms with van der Waals surface area (Å²) < 4.78 is 5.36. The molecule has 1 fully saturated rings. The summed E-state index contributed by atoms with van der Waals surface area (Å²) in [4.78, 5) is 23.8. The molecule has 2 aromatic heterocycles. The second kappa shape index (κ2) is 6.83. The van der Waals surface area contributed by atoms with Crippen molar-refractivity contribution in [2.75, 3.05) is 17.3 Å². The molecular weight excluding hydrogens is 340 g/mol. The normalized spacial score (nSPS) is 24.3. The van der Waals surface area contributed by atoms with Crippen LogP contribution >= 0.6 is 0 Å². The first-order valence-corrected chi connectivity index (χ1v) is 9.54. The predicted octanol–water partition coefficient (Wildman–Crippen LogP) is 3.73. The van der Waals surface area contributed by atoms with E-state index in [0.29, 0.717) is 11.8 Å². The van der Waals surface area contributed by atoms with E-state index in [-0.39, 0.29) is 23.9 Å². The van der Waals surface area contributed by atoms with Gasteiger partial charge in [0.1, 0.15) is 5.82 Å². The lowest BCUT2D eigenvalue weighted by Crippen LogP contribution is -2.51. The van der Waals surface area contributed by atoms with Crippen LogP contribution in [0.5, 0.6) is 5.88 Å². The Kier molecular flexibility index (Phi) is 4.50. The van der Waals surface area contributed by atoms with Crippen LogP contribution in [0.3, 0.4) is 0 Å². The Hall–Kier alpha value is -2.63. The van der Waals surface area contributed by atoms with Crippen molar-refractivity contribution in [2.24, 2.45) is 11.8 Å². The van der Waals surface area contributed by atoms with Crippen molar-refractivity contribution >= 4 is 17.4 Å². The Morgan fingerprint density at radius 2 is 2.00 bits per heavy atom. The maximum absolute atomic E-state index is 12.5. The highest BCUT2D eigenvalue weighted by molar-refractivity contribution is 5.94. The summed E-state index contributed by atoms with van der Waals surface area (Å²) in [5, 5.41) is 3.58. The summed E-state index contributed by atoms with van der Waals surface area (Å²) >= 11 is 0. The van der Waals surface area contributed by atoms with E-state index in [2.05, 4.69) is 17.2 Å². The number of aromatic nitrogens is 2. The molecule has 6 nitrogen and oxygen atoms in total. The average Bonchev–Trinajstić information content (AvgIpc) is 3.47. The molecule has 1 amide bonds. The van der Waals surface area contributed by atoms with Crippen LogP contribution in [0.1, 0.15) is 44.1 Å². The van der Waals surface area contributed by atoms with Crippen LogP contribution in [-0.2, 0) is 4.79 Å². The Morgan fingerprint density at radius 1 is 1.22 bits per heavy atom. The zero-order valence-corrected chi connectivity index (χ0v) is 16.3. The van der Waals surface area contributed by atoms with Gasteiger partial charge < -0.3 is 15.0 Å². The maximum atomic E-state index is 12.5. The van der Waals surface area contributed by atoms with Crippen molar-refractivity contribution in [2.45, 2.75) is 45.7 Å². The summed E-state index contributed by atoms with van der Waals surface area (Å²) in [7, 11) is 1.61. The highest BCUT2D eigenvalue weighted by atomic mass is 16.5. The van der Waals surface area contributed by atoms with Crippen molar-refractivity contribution in [3.05, 3.63) is 41.7 Å². The van der Waals surface area contributed by atoms with Gasteiger partial charge in [0.15, 0.2) is 0 Å². The highest BCUT2D eigenvalue weighted by Gasteiger charge is 2.48. The fourth-order valence-electron chi connectivity index (χ4n) is 4.28. The Labute approximate surface area is 160 Å². The Morgan fingerprint density at radius 3 is 2.63 bits per heavy atom. The molecule has 1 aliphatic carbocycles. The lowest BCUT2D eigenvalue weighted by atomic mass is 9.82. The number of pyridine rings is 2. The summed E-state index contributed by atoms with van der Waals surface area (Å²) in [6.07, 6.45) is 2.35. The fourth-order valence-corrected chi connectivity index (χ4v) is 4.28. The number of anilines is 2. The van der Waals surface area contributed by atoms with Gasteiger partial charge >= 0.3 is 0 Å². The third-order valence-electron chi connectivity index (χ3n) is 5.64. The molecule has 0 bridgehead atoms. The standard InChI is InChI=1S/C21H26N4O2/c1-12-6-5-7-17(22-12)23-19-13(2)21(15-8-9-15)25(14(3)26)16-10-11-18(27-4)24-20(16)19/h5-7,10-11,13,15,19,21H,8-9H2,1-4H3,(H,22,23)/t13-,19?,21?/m1/s1. The third-order valence-corrected chi connectivity index (χ3v) is 5.64. The zero-order valence-electron chi connectivity index (χ0n) is 16.3. The van der Waals surface area contributed by atoms with E-state index in [4.69, 9.17) is 9.72 Å². The molecule has 4 rings (SSSR count). The average molecular weight is 366 g/mol. The second-order valence-electron chi connectivity index (χ2n) is 7.62. The minimum absolute atomic E-state index is 0.0365. The minimum Gasteiger partial charge on any atom is -0.481 e. The van der Waals surface area contributed by atoms with Crippen LogP contribution in [0, 0.1) is 18.8 Å². The molecule has 3 heterocycles. The predicted molar refractivity (Wildman–Crippen MR) is 105 cm³/mol. The maximum Gasteiger partial charge on any atom is 0.224 e. The molecule has 1 aliphatic heterocycles. The molecular formula is C21H26N4O2. The van der Waals surface area contributed by atoms with Gasteiger partial charge in [-0.1, -0.05) is 13.0 Å². The number of rotatable bonds is 4. The van der Waals surface area contributed by atoms with E-state index in [9.17, 15) is 4.79 Å². The number of hydrogen-bond acceptors (Lipinski definition) is 5. The minimum atomic E-state index is -0.0365. The van der Waals surface area contributed by atoms with Crippen molar-refractivity contribution in [3.8, 4) is 5.88 Å². The van der Waals surface area contributed by atoms with E-state index in [1.807, 2.05) is 42.2 Å². The first-order chi connectivity index (χ1) is 13.0. The largest absolute Gasteiger partial charge is 0.481 e. The number of carbonyl (C=O) groups excluding carboxylic acids is 1. The summed E-state index contributed by atoms with van der Waals surface area (Å²) in [5.74, 6) is 2.20. The molecule has 2 aromatic rings. The number of carbonyl (C=O) groups is 1. The zero-order chi connectivity index (χ0) is 19.1. The molecule has 1 N–H and O–H groups in total. The number of fused-ring (bicyclic) bond motifs is 1. The number of nitrogens with one attached hydrogen (secondary N) is 1. The monoisotopic (exact) mass is 366 g/mol. The molecule has 2 unspecified atom stereocenters. The smallest absolute Gasteiger partial charge is 0.224 e. The van der Waals surface area contributed by atoms with Gasteiger partial charge in [0.2, 0.25) is 11.8 Å². The van der Waals surface area contributed by atoms with Crippen LogP contribution in [0.15, 0.2) is 30.3 Å². The molecule has 2 aliphatic rings. The SMILES string of the molecule is COc1ccc2c(n1)C(Nc1cccc(C)n1)[C@@H](C)C(C1CC1)N2C(C)=O. The summed E-state index contributed by atoms with van der Waals surface area (Å²) in [6.45, 7) is 5.83. The van der Waals surface area contributed by atoms with E-state index >= 15 is 0 Å². The molecule has 3 atom stereocenters. The number of ether oxygens (including phenoxy) is 1. The van der Waals surface area contributed by atoms with Gasteiger partial charge in [-0.15, -0.1) is 0 Å². The van der Waals surface area contributed by atoms with Crippen LogP contribution < -0.4 is 15.0 Å². The Bertz CT molecular complexity index is 865. The van der Waals surface area contributed by atoms with E-state index in [0.717, 1.165) is 22.9 Å². The van der Waals surface area contributed by atoms with Gasteiger partial charge in [-0.3, -0.25) is 4.79 Å². The van der Waals surface area contributed by atoms with E-state index < -0.39 is 0 Å². The van der Waals surface area contributed by atoms with Gasteiger partial charge in [-0.05, 0) is 43.9 Å². The van der Waals surface area contributed by atoms with Gasteiger partial charge in [0, 0.05) is 30.6 Å². The molecule has 27 heavy (non-hydrogen) atoms. The lowest BCUT2D eigenvalue weighted by Gasteiger charge is -2.45. The van der Waals surface area contributed by atoms with Crippen molar-refractivity contribution < 1.29 is 9.53 Å². The van der Waals surface area contributed by atoms with Crippen molar-refractivity contribution in [1.29, 1.82) is 0 Å². The van der Waals surface area contributed by atoms with Gasteiger partial charge in [0.05, 0.1) is 24.5 Å². The summed E-state index contributed by atoms with van der Waals surface area (Å²) in [6, 6.07) is 9.88. The van der Waals surface area contributed by atoms with Crippen LogP contribution in [0.4, 0.5) is 11.5 Å². The number of methoxy groups -OCH3 is 1.